The van der Waals surface area contributed by atoms with E-state index in [9.17, 15) is 4.79 Å². The molecular formula is C22H28ClN3O. The first-order valence-corrected chi connectivity index (χ1v) is 9.79. The maximum Gasteiger partial charge on any atom is 0.315 e. The van der Waals surface area contributed by atoms with Crippen LogP contribution in [-0.2, 0) is 19.4 Å². The van der Waals surface area contributed by atoms with Crippen molar-refractivity contribution in [3.05, 3.63) is 70.0 Å². The van der Waals surface area contributed by atoms with Gasteiger partial charge in [0.15, 0.2) is 0 Å². The third-order valence-corrected chi connectivity index (χ3v) is 4.83. The molecule has 4 nitrogen and oxygen atoms in total. The van der Waals surface area contributed by atoms with Crippen molar-refractivity contribution in [3.8, 4) is 0 Å². The van der Waals surface area contributed by atoms with Gasteiger partial charge in [0.25, 0.3) is 0 Å². The number of hydrogen-bond acceptors (Lipinski definition) is 2. The van der Waals surface area contributed by atoms with Crippen LogP contribution < -0.4 is 10.6 Å². The molecule has 0 aliphatic rings. The number of aromatic nitrogens is 1. The number of unbranched alkanes of at least 4 members (excludes halogenated alkanes) is 1. The Labute approximate surface area is 167 Å². The fourth-order valence-corrected chi connectivity index (χ4v) is 2.92. The lowest BCUT2D eigenvalue weighted by Gasteiger charge is -2.10. The van der Waals surface area contributed by atoms with Gasteiger partial charge in [-0.2, -0.15) is 0 Å². The number of pyridine rings is 1. The van der Waals surface area contributed by atoms with Crippen LogP contribution >= 0.6 is 11.6 Å². The van der Waals surface area contributed by atoms with Gasteiger partial charge in [-0.25, -0.2) is 4.79 Å². The summed E-state index contributed by atoms with van der Waals surface area (Å²) >= 11 is 6.01. The van der Waals surface area contributed by atoms with Crippen LogP contribution in [-0.4, -0.2) is 17.6 Å². The quantitative estimate of drug-likeness (QED) is 0.633. The van der Waals surface area contributed by atoms with Crippen LogP contribution in [0.15, 0.2) is 36.9 Å². The molecule has 2 aromatic rings. The molecule has 0 aliphatic heterocycles. The molecule has 1 heterocycles. The SMILES string of the molecule is C=Cc1nc(CCNC(=O)NCc2ccc(Cl)c(C)c2)ccc1CCCC. The van der Waals surface area contributed by atoms with Gasteiger partial charge < -0.3 is 10.6 Å². The summed E-state index contributed by atoms with van der Waals surface area (Å²) in [5.41, 5.74) is 5.16. The van der Waals surface area contributed by atoms with Crippen LogP contribution in [0.1, 0.15) is 47.8 Å². The van der Waals surface area contributed by atoms with E-state index in [4.69, 9.17) is 11.6 Å². The molecule has 0 radical (unpaired) electrons. The average Bonchev–Trinajstić information content (AvgIpc) is 2.67. The third kappa shape index (κ3) is 6.72. The van der Waals surface area contributed by atoms with E-state index in [1.165, 1.54) is 5.56 Å². The number of aryl methyl sites for hydroxylation is 2. The van der Waals surface area contributed by atoms with Gasteiger partial charge in [-0.15, -0.1) is 0 Å². The van der Waals surface area contributed by atoms with Crippen LogP contribution in [0.2, 0.25) is 5.02 Å². The number of carbonyl (C=O) groups is 1. The summed E-state index contributed by atoms with van der Waals surface area (Å²) in [5, 5.41) is 6.46. The summed E-state index contributed by atoms with van der Waals surface area (Å²) in [4.78, 5) is 16.6. The van der Waals surface area contributed by atoms with E-state index in [2.05, 4.69) is 35.2 Å². The number of nitrogens with zero attached hydrogens (tertiary/aromatic N) is 1. The number of amides is 2. The van der Waals surface area contributed by atoms with Crippen molar-refractivity contribution in [2.24, 2.45) is 0 Å². The fraction of sp³-hybridized carbons (Fsp3) is 0.364. The highest BCUT2D eigenvalue weighted by Gasteiger charge is 2.05. The highest BCUT2D eigenvalue weighted by atomic mass is 35.5. The molecule has 0 atom stereocenters. The molecule has 1 aromatic carbocycles. The first-order chi connectivity index (χ1) is 13.0. The molecule has 0 bridgehead atoms. The second-order valence-electron chi connectivity index (χ2n) is 6.60. The fourth-order valence-electron chi connectivity index (χ4n) is 2.81. The number of benzene rings is 1. The van der Waals surface area contributed by atoms with Crippen molar-refractivity contribution in [1.29, 1.82) is 0 Å². The molecule has 0 fully saturated rings. The number of carbonyl (C=O) groups excluding carboxylic acids is 1. The lowest BCUT2D eigenvalue weighted by atomic mass is 10.1. The van der Waals surface area contributed by atoms with Gasteiger partial charge in [-0.05, 0) is 54.7 Å². The van der Waals surface area contributed by atoms with E-state index in [-0.39, 0.29) is 6.03 Å². The Morgan fingerprint density at radius 3 is 2.74 bits per heavy atom. The average molecular weight is 386 g/mol. The molecule has 2 N–H and O–H groups in total. The van der Waals surface area contributed by atoms with E-state index in [0.717, 1.165) is 46.8 Å². The molecule has 5 heteroatoms. The van der Waals surface area contributed by atoms with Crippen LogP contribution in [0.4, 0.5) is 4.79 Å². The minimum atomic E-state index is -0.189. The summed E-state index contributed by atoms with van der Waals surface area (Å²) in [6.07, 6.45) is 5.82. The Bertz CT molecular complexity index is 789. The zero-order valence-corrected chi connectivity index (χ0v) is 16.9. The normalized spacial score (nSPS) is 10.5. The molecule has 0 saturated carbocycles. The van der Waals surface area contributed by atoms with Gasteiger partial charge in [0.05, 0.1) is 5.69 Å². The van der Waals surface area contributed by atoms with E-state index in [1.54, 1.807) is 0 Å². The molecule has 0 aliphatic carbocycles. The largest absolute Gasteiger partial charge is 0.338 e. The zero-order valence-electron chi connectivity index (χ0n) is 16.1. The molecule has 1 aromatic heterocycles. The molecule has 2 rings (SSSR count). The van der Waals surface area contributed by atoms with Gasteiger partial charge in [0, 0.05) is 30.2 Å². The number of urea groups is 1. The number of halogens is 1. The Morgan fingerprint density at radius 2 is 2.04 bits per heavy atom. The van der Waals surface area contributed by atoms with E-state index >= 15 is 0 Å². The summed E-state index contributed by atoms with van der Waals surface area (Å²) in [7, 11) is 0. The Kier molecular flexibility index (Phi) is 8.34. The second kappa shape index (κ2) is 10.7. The minimum absolute atomic E-state index is 0.189. The number of hydrogen-bond donors (Lipinski definition) is 2. The van der Waals surface area contributed by atoms with Crippen LogP contribution in [0.25, 0.3) is 6.08 Å². The second-order valence-corrected chi connectivity index (χ2v) is 7.00. The van der Waals surface area contributed by atoms with Crippen molar-refractivity contribution in [2.45, 2.75) is 46.1 Å². The maximum absolute atomic E-state index is 12.0. The van der Waals surface area contributed by atoms with Crippen molar-refractivity contribution in [1.82, 2.24) is 15.6 Å². The molecule has 2 amide bonds. The lowest BCUT2D eigenvalue weighted by Crippen LogP contribution is -2.36. The van der Waals surface area contributed by atoms with Gasteiger partial charge in [0.1, 0.15) is 0 Å². The summed E-state index contributed by atoms with van der Waals surface area (Å²) in [6.45, 7) is 8.99. The highest BCUT2D eigenvalue weighted by molar-refractivity contribution is 6.31. The standard InChI is InChI=1S/C22H28ClN3O/c1-4-6-7-18-9-10-19(26-21(18)5-2)12-13-24-22(27)25-15-17-8-11-20(23)16(3)14-17/h5,8-11,14H,2,4,6-7,12-13,15H2,1,3H3,(H2,24,25,27). The van der Waals surface area contributed by atoms with Crippen molar-refractivity contribution in [2.75, 3.05) is 6.54 Å². The highest BCUT2D eigenvalue weighted by Crippen LogP contribution is 2.16. The molecule has 0 spiro atoms. The maximum atomic E-state index is 12.0. The topological polar surface area (TPSA) is 54.0 Å². The molecule has 0 saturated heterocycles. The van der Waals surface area contributed by atoms with Crippen LogP contribution in [0, 0.1) is 6.92 Å². The van der Waals surface area contributed by atoms with Gasteiger partial charge in [-0.1, -0.05) is 49.7 Å². The molecule has 0 unspecified atom stereocenters. The van der Waals surface area contributed by atoms with Crippen molar-refractivity contribution < 1.29 is 4.79 Å². The van der Waals surface area contributed by atoms with E-state index < -0.39 is 0 Å². The van der Waals surface area contributed by atoms with Crippen molar-refractivity contribution >= 4 is 23.7 Å². The number of rotatable bonds is 9. The summed E-state index contributed by atoms with van der Waals surface area (Å²) in [6, 6.07) is 9.70. The Balaban J connectivity index is 1.78. The Hall–Kier alpha value is -2.33. The summed E-state index contributed by atoms with van der Waals surface area (Å²) < 4.78 is 0. The van der Waals surface area contributed by atoms with Crippen molar-refractivity contribution in [3.63, 3.8) is 0 Å². The number of nitrogens with one attached hydrogen (secondary N) is 2. The predicted molar refractivity (Wildman–Crippen MR) is 113 cm³/mol. The molecule has 27 heavy (non-hydrogen) atoms. The zero-order chi connectivity index (χ0) is 19.6. The monoisotopic (exact) mass is 385 g/mol. The van der Waals surface area contributed by atoms with Gasteiger partial charge in [0.2, 0.25) is 0 Å². The van der Waals surface area contributed by atoms with Crippen LogP contribution in [0.3, 0.4) is 0 Å². The van der Waals surface area contributed by atoms with Crippen LogP contribution in [0.5, 0.6) is 0 Å². The predicted octanol–water partition coefficient (Wildman–Crippen LogP) is 5.07. The van der Waals surface area contributed by atoms with E-state index in [1.807, 2.05) is 37.3 Å². The third-order valence-electron chi connectivity index (χ3n) is 4.41. The molecule has 144 valence electrons. The van der Waals surface area contributed by atoms with E-state index in [0.29, 0.717) is 19.5 Å². The van der Waals surface area contributed by atoms with Gasteiger partial charge >= 0.3 is 6.03 Å². The van der Waals surface area contributed by atoms with Gasteiger partial charge in [-0.3, -0.25) is 4.98 Å². The summed E-state index contributed by atoms with van der Waals surface area (Å²) in [5.74, 6) is 0. The first-order valence-electron chi connectivity index (χ1n) is 9.41. The lowest BCUT2D eigenvalue weighted by molar-refractivity contribution is 0.240. The smallest absolute Gasteiger partial charge is 0.315 e. The minimum Gasteiger partial charge on any atom is -0.338 e. The molecular weight excluding hydrogens is 358 g/mol. The Morgan fingerprint density at radius 1 is 1.22 bits per heavy atom. The first kappa shape index (κ1) is 21.0.